The Bertz CT molecular complexity index is 1930. The Morgan fingerprint density at radius 3 is 2.30 bits per heavy atom. The molecule has 1 amide bonds. The highest BCUT2D eigenvalue weighted by Crippen LogP contribution is 2.46. The van der Waals surface area contributed by atoms with Gasteiger partial charge in [-0.25, -0.2) is 4.79 Å². The van der Waals surface area contributed by atoms with Crippen molar-refractivity contribution in [3.05, 3.63) is 120 Å². The quantitative estimate of drug-likeness (QED) is 0.0528. The van der Waals surface area contributed by atoms with Gasteiger partial charge in [0.05, 0.1) is 49.7 Å². The normalized spacial score (nSPS) is 32.2. The molecule has 3 aliphatic rings. The molecule has 66 heavy (non-hydrogen) atoms. The molecular formula is C50H69NO15. The minimum atomic E-state index is -2.68. The SMILES string of the molecule is C/C=C\C=C\[C@@H]1O[C@](O)([C@H](CO[C@H]2C[C@H](O)[C@H](O)[C@H](C)O2)C(=O)NC/C=C/C=C(\C)C(OC)C(C)C2CC(O)C(/C=C/C=C/C=C/C(=O)O)O2)[C@H](OC(=O)Cc2ccccc2)[C@H](O)C1(C)C. The molecule has 0 saturated carbocycles. The monoisotopic (exact) mass is 923 g/mol. The van der Waals surface area contributed by atoms with Crippen molar-refractivity contribution >= 4 is 17.8 Å². The summed E-state index contributed by atoms with van der Waals surface area (Å²) in [5, 5.41) is 67.7. The number of ether oxygens (including phenoxy) is 6. The second kappa shape index (κ2) is 25.5. The van der Waals surface area contributed by atoms with E-state index >= 15 is 0 Å². The van der Waals surface area contributed by atoms with Gasteiger partial charge in [-0.3, -0.25) is 9.59 Å². The first-order valence-electron chi connectivity index (χ1n) is 22.3. The van der Waals surface area contributed by atoms with Crippen molar-refractivity contribution in [2.45, 2.75) is 134 Å². The Balaban J connectivity index is 1.55. The average Bonchev–Trinajstić information content (AvgIpc) is 3.64. The Hall–Kier alpha value is -4.59. The molecule has 7 N–H and O–H groups in total. The zero-order chi connectivity index (χ0) is 48.6. The zero-order valence-corrected chi connectivity index (χ0v) is 38.8. The van der Waals surface area contributed by atoms with Gasteiger partial charge in [0.1, 0.15) is 24.2 Å². The van der Waals surface area contributed by atoms with E-state index in [0.717, 1.165) is 11.6 Å². The Morgan fingerprint density at radius 2 is 1.64 bits per heavy atom. The molecular weight excluding hydrogens is 855 g/mol. The number of aliphatic hydroxyl groups is 5. The number of carboxylic acids is 1. The number of nitrogens with one attached hydrogen (secondary N) is 1. The summed E-state index contributed by atoms with van der Waals surface area (Å²) >= 11 is 0. The lowest BCUT2D eigenvalue weighted by atomic mass is 9.71. The maximum absolute atomic E-state index is 14.4. The van der Waals surface area contributed by atoms with Crippen molar-refractivity contribution in [2.24, 2.45) is 17.3 Å². The molecule has 3 heterocycles. The number of hydrogen-bond acceptors (Lipinski definition) is 14. The molecule has 0 radical (unpaired) electrons. The molecule has 364 valence electrons. The molecule has 0 spiro atoms. The van der Waals surface area contributed by atoms with Crippen LogP contribution in [-0.4, -0.2) is 142 Å². The van der Waals surface area contributed by atoms with Crippen LogP contribution < -0.4 is 5.32 Å². The van der Waals surface area contributed by atoms with E-state index in [1.807, 2.05) is 26.8 Å². The van der Waals surface area contributed by atoms with Crippen LogP contribution in [0, 0.1) is 17.3 Å². The fourth-order valence-corrected chi connectivity index (χ4v) is 8.21. The van der Waals surface area contributed by atoms with Crippen molar-refractivity contribution in [1.29, 1.82) is 0 Å². The van der Waals surface area contributed by atoms with Crippen LogP contribution in [0.15, 0.2) is 115 Å². The summed E-state index contributed by atoms with van der Waals surface area (Å²) in [6.45, 7) is 9.96. The fraction of sp³-hybridized carbons (Fsp3) is 0.540. The molecule has 0 aliphatic carbocycles. The lowest BCUT2D eigenvalue weighted by Crippen LogP contribution is -2.71. The number of amides is 1. The smallest absolute Gasteiger partial charge is 0.328 e. The van der Waals surface area contributed by atoms with E-state index in [-0.39, 0.29) is 31.4 Å². The van der Waals surface area contributed by atoms with Crippen molar-refractivity contribution in [3.8, 4) is 0 Å². The number of benzene rings is 1. The van der Waals surface area contributed by atoms with E-state index in [1.165, 1.54) is 6.08 Å². The van der Waals surface area contributed by atoms with Crippen molar-refractivity contribution < 1.29 is 73.4 Å². The van der Waals surface area contributed by atoms with Gasteiger partial charge in [-0.1, -0.05) is 124 Å². The molecule has 1 aromatic carbocycles. The molecule has 3 saturated heterocycles. The molecule has 14 atom stereocenters. The van der Waals surface area contributed by atoms with Gasteiger partial charge < -0.3 is 64.4 Å². The summed E-state index contributed by atoms with van der Waals surface area (Å²) in [6.07, 6.45) is 10.3. The van der Waals surface area contributed by atoms with Gasteiger partial charge in [0.25, 0.3) is 0 Å². The number of aliphatic carboxylic acids is 1. The molecule has 4 rings (SSSR count). The van der Waals surface area contributed by atoms with Gasteiger partial charge in [0, 0.05) is 43.9 Å². The molecule has 0 bridgehead atoms. The van der Waals surface area contributed by atoms with Gasteiger partial charge in [-0.2, -0.15) is 0 Å². The molecule has 16 nitrogen and oxygen atoms in total. The van der Waals surface area contributed by atoms with E-state index in [4.69, 9.17) is 33.5 Å². The maximum atomic E-state index is 14.4. The summed E-state index contributed by atoms with van der Waals surface area (Å²) in [7, 11) is 1.58. The first kappa shape index (κ1) is 54.0. The van der Waals surface area contributed by atoms with Crippen LogP contribution >= 0.6 is 0 Å². The van der Waals surface area contributed by atoms with E-state index < -0.39 is 103 Å². The van der Waals surface area contributed by atoms with Crippen LogP contribution in [0.25, 0.3) is 0 Å². The van der Waals surface area contributed by atoms with E-state index in [0.29, 0.717) is 12.0 Å². The summed E-state index contributed by atoms with van der Waals surface area (Å²) in [4.78, 5) is 38.6. The first-order chi connectivity index (χ1) is 31.3. The predicted molar refractivity (Wildman–Crippen MR) is 244 cm³/mol. The van der Waals surface area contributed by atoms with Crippen LogP contribution in [-0.2, 0) is 49.2 Å². The minimum Gasteiger partial charge on any atom is -0.478 e. The van der Waals surface area contributed by atoms with E-state index in [9.17, 15) is 39.9 Å². The number of methoxy groups -OCH3 is 1. The number of carboxylic acid groups (broad SMARTS) is 1. The molecule has 16 heteroatoms. The van der Waals surface area contributed by atoms with Gasteiger partial charge >= 0.3 is 11.9 Å². The molecule has 0 aromatic heterocycles. The van der Waals surface area contributed by atoms with E-state index in [2.05, 4.69) is 5.32 Å². The average molecular weight is 924 g/mol. The van der Waals surface area contributed by atoms with Crippen molar-refractivity contribution in [3.63, 3.8) is 0 Å². The van der Waals surface area contributed by atoms with Crippen LogP contribution in [0.2, 0.25) is 0 Å². The van der Waals surface area contributed by atoms with E-state index in [1.54, 1.807) is 119 Å². The Kier molecular flexibility index (Phi) is 20.9. The summed E-state index contributed by atoms with van der Waals surface area (Å²) in [5.41, 5.74) is 0.299. The lowest BCUT2D eigenvalue weighted by Gasteiger charge is -2.54. The van der Waals surface area contributed by atoms with Crippen molar-refractivity contribution in [1.82, 2.24) is 5.32 Å². The molecule has 5 unspecified atom stereocenters. The zero-order valence-electron chi connectivity index (χ0n) is 38.8. The second-order valence-corrected chi connectivity index (χ2v) is 17.5. The molecule has 3 aliphatic heterocycles. The summed E-state index contributed by atoms with van der Waals surface area (Å²) in [5.74, 6) is -7.14. The third-order valence-corrected chi connectivity index (χ3v) is 12.2. The lowest BCUT2D eigenvalue weighted by molar-refractivity contribution is -0.366. The van der Waals surface area contributed by atoms with Crippen LogP contribution in [0.5, 0.6) is 0 Å². The van der Waals surface area contributed by atoms with Gasteiger partial charge in [0.15, 0.2) is 12.4 Å². The Labute approximate surface area is 387 Å². The van der Waals surface area contributed by atoms with Crippen molar-refractivity contribution in [2.75, 3.05) is 20.3 Å². The third-order valence-electron chi connectivity index (χ3n) is 12.2. The van der Waals surface area contributed by atoms with Gasteiger partial charge in [-0.05, 0) is 31.9 Å². The standard InChI is InChI=1S/C50H69NO15/c1-8-9-13-24-40-49(5,6)46(58)47(65-42(56)27-34-21-14-12-15-22-34)50(60,66-40)35(30-62-43-29-37(53)44(57)33(4)63-43)48(59)51-26-19-18-20-31(2)45(61-7)32(3)39-28-36(52)38(64-39)23-16-10-11-17-25-41(54)55/h8-25,32-33,35-40,43-47,52-53,57-58,60H,26-30H2,1-7H3,(H,51,59)(H,54,55)/b9-8-,11-10+,19-18+,23-16+,24-13+,25-17+,31-20+/t32?,33-,35+,36?,37-,38?,39?,40-,43+,44+,45?,46-,47+,50+/m0/s1. The maximum Gasteiger partial charge on any atom is 0.328 e. The highest BCUT2D eigenvalue weighted by Gasteiger charge is 2.63. The predicted octanol–water partition coefficient (Wildman–Crippen LogP) is 3.78. The number of aliphatic hydroxyl groups excluding tert-OH is 4. The third kappa shape index (κ3) is 14.7. The topological polar surface area (TPSA) is 240 Å². The van der Waals surface area contributed by atoms with Crippen LogP contribution in [0.3, 0.4) is 0 Å². The minimum absolute atomic E-state index is 0.0477. The number of carbonyl (C=O) groups is 3. The fourth-order valence-electron chi connectivity index (χ4n) is 8.21. The van der Waals surface area contributed by atoms with Crippen LogP contribution in [0.1, 0.15) is 59.9 Å². The first-order valence-corrected chi connectivity index (χ1v) is 22.3. The molecule has 3 fully saturated rings. The summed E-state index contributed by atoms with van der Waals surface area (Å²) in [6, 6.07) is 8.77. The number of rotatable bonds is 21. The van der Waals surface area contributed by atoms with Crippen LogP contribution in [0.4, 0.5) is 0 Å². The highest BCUT2D eigenvalue weighted by atomic mass is 16.7. The molecule has 1 aromatic rings. The number of hydrogen-bond donors (Lipinski definition) is 7. The summed E-state index contributed by atoms with van der Waals surface area (Å²) < 4.78 is 36.1. The Morgan fingerprint density at radius 1 is 0.939 bits per heavy atom. The highest BCUT2D eigenvalue weighted by molar-refractivity contribution is 5.81. The van der Waals surface area contributed by atoms with Gasteiger partial charge in [-0.15, -0.1) is 0 Å². The number of allylic oxidation sites excluding steroid dienone is 9. The van der Waals surface area contributed by atoms with Gasteiger partial charge in [0.2, 0.25) is 11.7 Å². The number of carbonyl (C=O) groups excluding carboxylic acids is 2. The number of esters is 1. The second-order valence-electron chi connectivity index (χ2n) is 17.5. The largest absolute Gasteiger partial charge is 0.478 e.